The molecular weight excluding hydrogens is 194 g/mol. The van der Waals surface area contributed by atoms with E-state index in [-0.39, 0.29) is 6.10 Å². The SMILES string of the molecule is N#Cc1cnc(N)cc1O[C@@H]1CCOC1. The van der Waals surface area contributed by atoms with E-state index in [9.17, 15) is 0 Å². The van der Waals surface area contributed by atoms with Gasteiger partial charge in [-0.3, -0.25) is 0 Å². The molecule has 0 saturated carbocycles. The number of hydrogen-bond donors (Lipinski definition) is 1. The highest BCUT2D eigenvalue weighted by Gasteiger charge is 2.18. The number of nitriles is 1. The number of aromatic nitrogens is 1. The van der Waals surface area contributed by atoms with Gasteiger partial charge in [-0.05, 0) is 0 Å². The van der Waals surface area contributed by atoms with Crippen LogP contribution in [0.4, 0.5) is 5.82 Å². The Balaban J connectivity index is 2.18. The standard InChI is InChI=1S/C10H11N3O2/c11-4-7-5-13-10(12)3-9(7)15-8-1-2-14-6-8/h3,5,8H,1-2,6H2,(H2,12,13)/t8-/m1/s1. The molecule has 1 aromatic heterocycles. The molecule has 1 fully saturated rings. The molecule has 1 aromatic rings. The van der Waals surface area contributed by atoms with Gasteiger partial charge in [0.1, 0.15) is 29.3 Å². The number of nitrogen functional groups attached to an aromatic ring is 1. The molecule has 0 aliphatic carbocycles. The summed E-state index contributed by atoms with van der Waals surface area (Å²) in [4.78, 5) is 3.83. The van der Waals surface area contributed by atoms with Crippen molar-refractivity contribution in [1.29, 1.82) is 5.26 Å². The third kappa shape index (κ3) is 2.17. The highest BCUT2D eigenvalue weighted by Crippen LogP contribution is 2.22. The van der Waals surface area contributed by atoms with Crippen LogP contribution < -0.4 is 10.5 Å². The topological polar surface area (TPSA) is 81.2 Å². The van der Waals surface area contributed by atoms with Gasteiger partial charge in [-0.1, -0.05) is 0 Å². The van der Waals surface area contributed by atoms with Gasteiger partial charge in [-0.25, -0.2) is 4.98 Å². The van der Waals surface area contributed by atoms with Gasteiger partial charge < -0.3 is 15.2 Å². The molecule has 0 aromatic carbocycles. The largest absolute Gasteiger partial charge is 0.486 e. The fourth-order valence-electron chi connectivity index (χ4n) is 1.42. The molecule has 0 amide bonds. The van der Waals surface area contributed by atoms with E-state index >= 15 is 0 Å². The number of pyridine rings is 1. The summed E-state index contributed by atoms with van der Waals surface area (Å²) in [7, 11) is 0. The summed E-state index contributed by atoms with van der Waals surface area (Å²) in [5, 5.41) is 8.84. The van der Waals surface area contributed by atoms with Crippen molar-refractivity contribution in [2.45, 2.75) is 12.5 Å². The van der Waals surface area contributed by atoms with Crippen LogP contribution in [0.5, 0.6) is 5.75 Å². The minimum Gasteiger partial charge on any atom is -0.486 e. The second-order valence-electron chi connectivity index (χ2n) is 3.32. The zero-order valence-corrected chi connectivity index (χ0v) is 8.14. The van der Waals surface area contributed by atoms with E-state index in [2.05, 4.69) is 4.98 Å². The molecular formula is C10H11N3O2. The fourth-order valence-corrected chi connectivity index (χ4v) is 1.42. The second kappa shape index (κ2) is 4.15. The first kappa shape index (κ1) is 9.74. The number of anilines is 1. The van der Waals surface area contributed by atoms with Gasteiger partial charge >= 0.3 is 0 Å². The summed E-state index contributed by atoms with van der Waals surface area (Å²) in [6.07, 6.45) is 2.27. The predicted molar refractivity (Wildman–Crippen MR) is 53.2 cm³/mol. The van der Waals surface area contributed by atoms with Crippen molar-refractivity contribution >= 4 is 5.82 Å². The van der Waals surface area contributed by atoms with E-state index < -0.39 is 0 Å². The average Bonchev–Trinajstić information content (AvgIpc) is 2.71. The summed E-state index contributed by atoms with van der Waals surface area (Å²) in [6, 6.07) is 3.58. The molecule has 0 radical (unpaired) electrons. The molecule has 1 aliphatic rings. The normalized spacial score (nSPS) is 19.8. The van der Waals surface area contributed by atoms with E-state index in [1.165, 1.54) is 6.20 Å². The Kier molecular flexibility index (Phi) is 2.70. The van der Waals surface area contributed by atoms with Crippen LogP contribution in [0.1, 0.15) is 12.0 Å². The number of nitrogens with two attached hydrogens (primary N) is 1. The molecule has 0 unspecified atom stereocenters. The summed E-state index contributed by atoms with van der Waals surface area (Å²) >= 11 is 0. The minimum atomic E-state index is 0.0129. The van der Waals surface area contributed by atoms with Crippen LogP contribution in [0, 0.1) is 11.3 Å². The van der Waals surface area contributed by atoms with E-state index in [4.69, 9.17) is 20.5 Å². The van der Waals surface area contributed by atoms with Crippen molar-refractivity contribution in [3.8, 4) is 11.8 Å². The molecule has 1 aliphatic heterocycles. The van der Waals surface area contributed by atoms with E-state index in [0.717, 1.165) is 6.42 Å². The molecule has 15 heavy (non-hydrogen) atoms. The highest BCUT2D eigenvalue weighted by molar-refractivity contribution is 5.47. The third-order valence-electron chi connectivity index (χ3n) is 2.19. The van der Waals surface area contributed by atoms with Gasteiger partial charge in [0.15, 0.2) is 0 Å². The first-order chi connectivity index (χ1) is 7.29. The maximum atomic E-state index is 8.84. The Morgan fingerprint density at radius 2 is 2.53 bits per heavy atom. The van der Waals surface area contributed by atoms with Crippen molar-refractivity contribution < 1.29 is 9.47 Å². The van der Waals surface area contributed by atoms with Gasteiger partial charge in [0.05, 0.1) is 19.4 Å². The third-order valence-corrected chi connectivity index (χ3v) is 2.19. The lowest BCUT2D eigenvalue weighted by molar-refractivity contribution is 0.141. The summed E-state index contributed by atoms with van der Waals surface area (Å²) in [5.74, 6) is 0.836. The van der Waals surface area contributed by atoms with E-state index in [1.807, 2.05) is 6.07 Å². The summed E-state index contributed by atoms with van der Waals surface area (Å²) in [6.45, 7) is 1.26. The predicted octanol–water partition coefficient (Wildman–Crippen LogP) is 0.703. The van der Waals surface area contributed by atoms with Crippen LogP contribution in [-0.4, -0.2) is 24.3 Å². The van der Waals surface area contributed by atoms with Crippen LogP contribution >= 0.6 is 0 Å². The molecule has 0 spiro atoms. The molecule has 0 bridgehead atoms. The first-order valence-corrected chi connectivity index (χ1v) is 4.69. The number of rotatable bonds is 2. The second-order valence-corrected chi connectivity index (χ2v) is 3.32. The monoisotopic (exact) mass is 205 g/mol. The van der Waals surface area contributed by atoms with Gasteiger partial charge in [0, 0.05) is 12.5 Å². The van der Waals surface area contributed by atoms with Gasteiger partial charge in [0.2, 0.25) is 0 Å². The van der Waals surface area contributed by atoms with Gasteiger partial charge in [-0.15, -0.1) is 0 Å². The summed E-state index contributed by atoms with van der Waals surface area (Å²) < 4.78 is 10.8. The molecule has 5 heteroatoms. The Morgan fingerprint density at radius 1 is 1.67 bits per heavy atom. The van der Waals surface area contributed by atoms with Crippen molar-refractivity contribution in [3.05, 3.63) is 17.8 Å². The Hall–Kier alpha value is -1.80. The summed E-state index contributed by atoms with van der Waals surface area (Å²) in [5.41, 5.74) is 5.92. The maximum absolute atomic E-state index is 8.84. The Bertz CT molecular complexity index is 394. The van der Waals surface area contributed by atoms with Crippen molar-refractivity contribution in [2.75, 3.05) is 18.9 Å². The lowest BCUT2D eigenvalue weighted by Crippen LogP contribution is -2.16. The van der Waals surface area contributed by atoms with Crippen molar-refractivity contribution in [3.63, 3.8) is 0 Å². The molecule has 2 heterocycles. The molecule has 1 atom stereocenters. The molecule has 2 rings (SSSR count). The number of ether oxygens (including phenoxy) is 2. The van der Waals surface area contributed by atoms with Gasteiger partial charge in [0.25, 0.3) is 0 Å². The first-order valence-electron chi connectivity index (χ1n) is 4.69. The molecule has 2 N–H and O–H groups in total. The van der Waals surface area contributed by atoms with Crippen molar-refractivity contribution in [2.24, 2.45) is 0 Å². The zero-order chi connectivity index (χ0) is 10.7. The Labute approximate surface area is 87.4 Å². The molecule has 78 valence electrons. The molecule has 1 saturated heterocycles. The number of nitrogens with zero attached hydrogens (tertiary/aromatic N) is 2. The van der Waals surface area contributed by atoms with Crippen molar-refractivity contribution in [1.82, 2.24) is 4.98 Å². The van der Waals surface area contributed by atoms with Crippen LogP contribution in [-0.2, 0) is 4.74 Å². The zero-order valence-electron chi connectivity index (χ0n) is 8.14. The lowest BCUT2D eigenvalue weighted by Gasteiger charge is -2.12. The van der Waals surface area contributed by atoms with Crippen LogP contribution in [0.3, 0.4) is 0 Å². The Morgan fingerprint density at radius 3 is 3.20 bits per heavy atom. The smallest absolute Gasteiger partial charge is 0.142 e. The van der Waals surface area contributed by atoms with Crippen LogP contribution in [0.2, 0.25) is 0 Å². The molecule has 5 nitrogen and oxygen atoms in total. The maximum Gasteiger partial charge on any atom is 0.142 e. The minimum absolute atomic E-state index is 0.0129. The average molecular weight is 205 g/mol. The van der Waals surface area contributed by atoms with Crippen LogP contribution in [0.15, 0.2) is 12.3 Å². The quantitative estimate of drug-likeness (QED) is 0.768. The van der Waals surface area contributed by atoms with E-state index in [1.54, 1.807) is 6.07 Å². The highest BCUT2D eigenvalue weighted by atomic mass is 16.5. The van der Waals surface area contributed by atoms with E-state index in [0.29, 0.717) is 30.3 Å². The van der Waals surface area contributed by atoms with Crippen LogP contribution in [0.25, 0.3) is 0 Å². The number of hydrogen-bond acceptors (Lipinski definition) is 5. The van der Waals surface area contributed by atoms with Gasteiger partial charge in [-0.2, -0.15) is 5.26 Å². The fraction of sp³-hybridized carbons (Fsp3) is 0.400. The lowest BCUT2D eigenvalue weighted by atomic mass is 10.2.